The van der Waals surface area contributed by atoms with Crippen molar-refractivity contribution >= 4 is 44.8 Å². The van der Waals surface area contributed by atoms with Crippen LogP contribution < -0.4 is 5.32 Å². The van der Waals surface area contributed by atoms with Gasteiger partial charge < -0.3 is 5.32 Å². The van der Waals surface area contributed by atoms with Gasteiger partial charge in [-0.1, -0.05) is 36.7 Å². The van der Waals surface area contributed by atoms with Crippen molar-refractivity contribution in [2.45, 2.75) is 26.4 Å². The third-order valence-corrected chi connectivity index (χ3v) is 5.64. The topological polar surface area (TPSA) is 12.0 Å². The lowest BCUT2D eigenvalue weighted by atomic mass is 10.2. The molecule has 0 amide bonds. The van der Waals surface area contributed by atoms with Crippen LogP contribution in [0.3, 0.4) is 0 Å². The average molecular weight is 300 g/mol. The van der Waals surface area contributed by atoms with Crippen LogP contribution in [0, 0.1) is 0 Å². The van der Waals surface area contributed by atoms with Gasteiger partial charge in [-0.2, -0.15) is 11.8 Å². The van der Waals surface area contributed by atoms with Crippen LogP contribution in [0.15, 0.2) is 24.3 Å². The highest BCUT2D eigenvalue weighted by atomic mass is 35.5. The van der Waals surface area contributed by atoms with E-state index in [0.717, 1.165) is 17.3 Å². The predicted molar refractivity (Wildman–Crippen MR) is 86.1 cm³/mol. The van der Waals surface area contributed by atoms with E-state index in [2.05, 4.69) is 37.4 Å². The van der Waals surface area contributed by atoms with E-state index < -0.39 is 0 Å². The number of benzene rings is 1. The Kier molecular flexibility index (Phi) is 5.37. The third-order valence-electron chi connectivity index (χ3n) is 2.78. The van der Waals surface area contributed by atoms with Gasteiger partial charge in [0.15, 0.2) is 0 Å². The van der Waals surface area contributed by atoms with Crippen molar-refractivity contribution in [1.29, 1.82) is 0 Å². The van der Waals surface area contributed by atoms with Gasteiger partial charge in [0.25, 0.3) is 0 Å². The number of halogens is 1. The minimum atomic E-state index is 0.524. The van der Waals surface area contributed by atoms with Crippen molar-refractivity contribution in [2.24, 2.45) is 0 Å². The Hall–Kier alpha value is -0.220. The summed E-state index contributed by atoms with van der Waals surface area (Å²) >= 11 is 10.2. The van der Waals surface area contributed by atoms with Crippen LogP contribution in [0.25, 0.3) is 10.1 Å². The lowest BCUT2D eigenvalue weighted by Gasteiger charge is -2.12. The second kappa shape index (κ2) is 6.80. The fourth-order valence-electron chi connectivity index (χ4n) is 1.80. The van der Waals surface area contributed by atoms with Crippen molar-refractivity contribution < 1.29 is 0 Å². The molecule has 1 aromatic carbocycles. The summed E-state index contributed by atoms with van der Waals surface area (Å²) in [4.78, 5) is 1.24. The van der Waals surface area contributed by atoms with E-state index in [1.165, 1.54) is 20.7 Å². The molecule has 1 aromatic heterocycles. The first kappa shape index (κ1) is 14.2. The summed E-state index contributed by atoms with van der Waals surface area (Å²) in [6.45, 7) is 5.29. The molecule has 0 radical (unpaired) electrons. The second-order valence-corrected chi connectivity index (χ2v) is 7.11. The lowest BCUT2D eigenvalue weighted by molar-refractivity contribution is 0.600. The van der Waals surface area contributed by atoms with Crippen molar-refractivity contribution in [3.05, 3.63) is 34.2 Å². The van der Waals surface area contributed by atoms with Crippen LogP contribution >= 0.6 is 34.7 Å². The Labute approximate surface area is 122 Å². The molecule has 2 aromatic rings. The van der Waals surface area contributed by atoms with E-state index in [-0.39, 0.29) is 0 Å². The molecule has 98 valence electrons. The fourth-order valence-corrected chi connectivity index (χ4v) is 3.96. The third kappa shape index (κ3) is 3.41. The van der Waals surface area contributed by atoms with E-state index in [0.29, 0.717) is 6.04 Å². The molecule has 0 aliphatic heterocycles. The minimum absolute atomic E-state index is 0.524. The minimum Gasteiger partial charge on any atom is -0.309 e. The first-order valence-electron chi connectivity index (χ1n) is 6.19. The molecule has 4 heteroatoms. The Morgan fingerprint density at radius 2 is 2.17 bits per heavy atom. The Morgan fingerprint density at radius 1 is 1.39 bits per heavy atom. The van der Waals surface area contributed by atoms with Crippen LogP contribution in [-0.2, 0) is 6.54 Å². The summed E-state index contributed by atoms with van der Waals surface area (Å²) in [5, 5.41) is 5.63. The highest BCUT2D eigenvalue weighted by Crippen LogP contribution is 2.34. The van der Waals surface area contributed by atoms with Gasteiger partial charge in [0.05, 0.1) is 5.02 Å². The molecular weight excluding hydrogens is 282 g/mol. The molecule has 0 aliphatic rings. The van der Waals surface area contributed by atoms with Crippen LogP contribution in [0.4, 0.5) is 0 Å². The normalized spacial score (nSPS) is 13.1. The van der Waals surface area contributed by atoms with Crippen molar-refractivity contribution in [3.8, 4) is 0 Å². The van der Waals surface area contributed by atoms with Gasteiger partial charge in [-0.15, -0.1) is 11.3 Å². The van der Waals surface area contributed by atoms with Crippen LogP contribution in [0.5, 0.6) is 0 Å². The fraction of sp³-hybridized carbons (Fsp3) is 0.429. The maximum absolute atomic E-state index is 6.41. The van der Waals surface area contributed by atoms with Gasteiger partial charge in [0.2, 0.25) is 0 Å². The molecular formula is C14H18ClNS2. The van der Waals surface area contributed by atoms with E-state index in [1.54, 1.807) is 11.3 Å². The SMILES string of the molecule is CCSCC(C)NCc1sc2ccccc2c1Cl. The molecule has 1 heterocycles. The molecule has 0 saturated carbocycles. The summed E-state index contributed by atoms with van der Waals surface area (Å²) in [6.07, 6.45) is 0. The second-order valence-electron chi connectivity index (χ2n) is 4.28. The molecule has 0 bridgehead atoms. The van der Waals surface area contributed by atoms with Crippen LogP contribution in [0.1, 0.15) is 18.7 Å². The molecule has 18 heavy (non-hydrogen) atoms. The zero-order chi connectivity index (χ0) is 13.0. The van der Waals surface area contributed by atoms with E-state index in [9.17, 15) is 0 Å². The number of rotatable bonds is 6. The molecule has 0 spiro atoms. The largest absolute Gasteiger partial charge is 0.309 e. The maximum Gasteiger partial charge on any atom is 0.0636 e. The number of nitrogens with one attached hydrogen (secondary N) is 1. The Bertz CT molecular complexity index is 509. The van der Waals surface area contributed by atoms with E-state index in [4.69, 9.17) is 11.6 Å². The summed E-state index contributed by atoms with van der Waals surface area (Å²) in [6, 6.07) is 8.85. The molecule has 1 N–H and O–H groups in total. The number of fused-ring (bicyclic) bond motifs is 1. The van der Waals surface area contributed by atoms with Crippen molar-refractivity contribution in [1.82, 2.24) is 5.32 Å². The molecule has 0 aliphatic carbocycles. The number of thioether (sulfide) groups is 1. The molecule has 2 rings (SSSR count). The van der Waals surface area contributed by atoms with Crippen LogP contribution in [-0.4, -0.2) is 17.5 Å². The smallest absolute Gasteiger partial charge is 0.0636 e. The number of hydrogen-bond acceptors (Lipinski definition) is 3. The van der Waals surface area contributed by atoms with Gasteiger partial charge in [-0.3, -0.25) is 0 Å². The Balaban J connectivity index is 2.01. The van der Waals surface area contributed by atoms with Crippen LogP contribution in [0.2, 0.25) is 5.02 Å². The summed E-state index contributed by atoms with van der Waals surface area (Å²) in [5.41, 5.74) is 0. The monoisotopic (exact) mass is 299 g/mol. The summed E-state index contributed by atoms with van der Waals surface area (Å²) in [5.74, 6) is 2.33. The highest BCUT2D eigenvalue weighted by Gasteiger charge is 2.10. The molecule has 1 unspecified atom stereocenters. The quantitative estimate of drug-likeness (QED) is 0.823. The molecule has 1 nitrogen and oxygen atoms in total. The zero-order valence-corrected chi connectivity index (χ0v) is 13.1. The number of thiophene rings is 1. The molecule has 1 atom stereocenters. The predicted octanol–water partition coefficient (Wildman–Crippen LogP) is 4.79. The average Bonchev–Trinajstić information content (AvgIpc) is 2.71. The van der Waals surface area contributed by atoms with E-state index >= 15 is 0 Å². The lowest BCUT2D eigenvalue weighted by Crippen LogP contribution is -2.27. The molecule has 0 saturated heterocycles. The number of hydrogen-bond donors (Lipinski definition) is 1. The van der Waals surface area contributed by atoms with Crippen molar-refractivity contribution in [2.75, 3.05) is 11.5 Å². The standard InChI is InChI=1S/C14H18ClNS2/c1-3-17-9-10(2)16-8-13-14(15)11-6-4-5-7-12(11)18-13/h4-7,10,16H,3,8-9H2,1-2H3. The van der Waals surface area contributed by atoms with Gasteiger partial charge in [-0.05, 0) is 18.7 Å². The van der Waals surface area contributed by atoms with E-state index in [1.807, 2.05) is 17.8 Å². The summed E-state index contributed by atoms with van der Waals surface area (Å²) in [7, 11) is 0. The van der Waals surface area contributed by atoms with Crippen molar-refractivity contribution in [3.63, 3.8) is 0 Å². The van der Waals surface area contributed by atoms with Gasteiger partial charge >= 0.3 is 0 Å². The zero-order valence-electron chi connectivity index (χ0n) is 10.7. The maximum atomic E-state index is 6.41. The first-order valence-corrected chi connectivity index (χ1v) is 8.54. The van der Waals surface area contributed by atoms with Gasteiger partial charge in [0, 0.05) is 33.3 Å². The Morgan fingerprint density at radius 3 is 2.89 bits per heavy atom. The van der Waals surface area contributed by atoms with Gasteiger partial charge in [0.1, 0.15) is 0 Å². The van der Waals surface area contributed by atoms with Gasteiger partial charge in [-0.25, -0.2) is 0 Å². The summed E-state index contributed by atoms with van der Waals surface area (Å²) < 4.78 is 1.27. The first-order chi connectivity index (χ1) is 8.72. The highest BCUT2D eigenvalue weighted by molar-refractivity contribution is 7.99. The molecule has 0 fully saturated rings.